The lowest BCUT2D eigenvalue weighted by Crippen LogP contribution is -2.36. The van der Waals surface area contributed by atoms with Gasteiger partial charge in [-0.05, 0) is 46.6 Å². The van der Waals surface area contributed by atoms with E-state index < -0.39 is 23.8 Å². The van der Waals surface area contributed by atoms with Crippen LogP contribution in [0.3, 0.4) is 0 Å². The van der Waals surface area contributed by atoms with Gasteiger partial charge in [-0.15, -0.1) is 0 Å². The highest BCUT2D eigenvalue weighted by atomic mass is 16.5. The Morgan fingerprint density at radius 1 is 0.865 bits per heavy atom. The number of hydrogen-bond donors (Lipinski definition) is 2. The second-order valence-corrected chi connectivity index (χ2v) is 9.42. The van der Waals surface area contributed by atoms with Crippen molar-refractivity contribution in [2.75, 3.05) is 13.2 Å². The highest BCUT2D eigenvalue weighted by molar-refractivity contribution is 5.99. The molecule has 0 bridgehead atoms. The van der Waals surface area contributed by atoms with Crippen molar-refractivity contribution in [3.8, 4) is 0 Å². The zero-order valence-electron chi connectivity index (χ0n) is 22.8. The summed E-state index contributed by atoms with van der Waals surface area (Å²) in [6.07, 6.45) is 12.7. The Labute approximate surface area is 220 Å². The molecular formula is C29H43N2O6+. The van der Waals surface area contributed by atoms with E-state index in [4.69, 9.17) is 14.6 Å². The summed E-state index contributed by atoms with van der Waals surface area (Å²) < 4.78 is 12.8. The van der Waals surface area contributed by atoms with Crippen LogP contribution < -0.4 is 9.88 Å². The van der Waals surface area contributed by atoms with E-state index in [2.05, 4.69) is 9.88 Å². The molecule has 37 heavy (non-hydrogen) atoms. The van der Waals surface area contributed by atoms with Gasteiger partial charge < -0.3 is 19.9 Å². The maximum atomic E-state index is 13.0. The predicted octanol–water partition coefficient (Wildman–Crippen LogP) is 4.93. The van der Waals surface area contributed by atoms with Gasteiger partial charge in [0.1, 0.15) is 6.54 Å². The van der Waals surface area contributed by atoms with Crippen LogP contribution in [0.25, 0.3) is 0 Å². The summed E-state index contributed by atoms with van der Waals surface area (Å²) in [6, 6.07) is 3.89. The third-order valence-corrected chi connectivity index (χ3v) is 6.52. The molecule has 204 valence electrons. The zero-order valence-corrected chi connectivity index (χ0v) is 22.8. The largest absolute Gasteiger partial charge is 0.481 e. The molecule has 0 atom stereocenters. The predicted molar refractivity (Wildman–Crippen MR) is 140 cm³/mol. The standard InChI is InChI=1S/C29H42N2O6/c1-5-36-28(34)25-21(3)30-22(4)26(29(35)37-6-2)27(25)23-16-15-19-31(20-23)18-14-12-10-8-7-9-11-13-17-24(32)33/h15-16,19-20,27H,5-14,17-18H2,1-4H3,(H-,30,32,33,34,35)/p+1. The van der Waals surface area contributed by atoms with Gasteiger partial charge in [-0.2, -0.15) is 0 Å². The molecule has 1 aromatic heterocycles. The summed E-state index contributed by atoms with van der Waals surface area (Å²) >= 11 is 0. The molecule has 0 saturated carbocycles. The number of ether oxygens (including phenoxy) is 2. The van der Waals surface area contributed by atoms with E-state index >= 15 is 0 Å². The average Bonchev–Trinajstić information content (AvgIpc) is 2.84. The number of allylic oxidation sites excluding steroid dienone is 2. The zero-order chi connectivity index (χ0) is 27.2. The highest BCUT2D eigenvalue weighted by Gasteiger charge is 2.38. The molecule has 8 heteroatoms. The second-order valence-electron chi connectivity index (χ2n) is 9.42. The minimum absolute atomic E-state index is 0.247. The molecular weight excluding hydrogens is 472 g/mol. The molecule has 2 heterocycles. The number of aromatic nitrogens is 1. The number of aliphatic carboxylic acids is 1. The first-order valence-electron chi connectivity index (χ1n) is 13.5. The molecule has 1 aromatic rings. The van der Waals surface area contributed by atoms with Crippen molar-refractivity contribution in [1.82, 2.24) is 5.32 Å². The van der Waals surface area contributed by atoms with Crippen LogP contribution in [0.2, 0.25) is 0 Å². The van der Waals surface area contributed by atoms with Crippen LogP contribution >= 0.6 is 0 Å². The number of carbonyl (C=O) groups excluding carboxylic acids is 2. The number of rotatable bonds is 16. The number of carboxylic acids is 1. The molecule has 2 N–H and O–H groups in total. The topological polar surface area (TPSA) is 106 Å². The van der Waals surface area contributed by atoms with E-state index in [1.807, 2.05) is 38.4 Å². The van der Waals surface area contributed by atoms with Gasteiger partial charge in [0.2, 0.25) is 0 Å². The van der Waals surface area contributed by atoms with Gasteiger partial charge in [0.15, 0.2) is 12.4 Å². The first-order chi connectivity index (χ1) is 17.8. The van der Waals surface area contributed by atoms with Gasteiger partial charge in [-0.25, -0.2) is 14.2 Å². The molecule has 0 amide bonds. The van der Waals surface area contributed by atoms with E-state index in [1.165, 1.54) is 0 Å². The molecule has 0 aromatic carbocycles. The fraction of sp³-hybridized carbons (Fsp3) is 0.586. The Morgan fingerprint density at radius 3 is 1.89 bits per heavy atom. The van der Waals surface area contributed by atoms with E-state index in [0.717, 1.165) is 63.5 Å². The summed E-state index contributed by atoms with van der Waals surface area (Å²) in [7, 11) is 0. The number of hydrogen-bond acceptors (Lipinski definition) is 6. The molecule has 0 fully saturated rings. The summed E-state index contributed by atoms with van der Waals surface area (Å²) in [5.74, 6) is -2.17. The van der Waals surface area contributed by atoms with E-state index in [0.29, 0.717) is 22.5 Å². The number of nitrogens with zero attached hydrogens (tertiary/aromatic N) is 1. The number of aryl methyl sites for hydroxylation is 1. The SMILES string of the molecule is CCOC(=O)C1=C(C)NC(C)=C(C(=O)OCC)C1c1ccc[n+](CCCCCCCCCCC(=O)O)c1. The molecule has 0 radical (unpaired) electrons. The van der Waals surface area contributed by atoms with Gasteiger partial charge in [0.05, 0.1) is 30.3 Å². The molecule has 0 spiro atoms. The summed E-state index contributed by atoms with van der Waals surface area (Å²) in [6.45, 7) is 8.52. The number of esters is 2. The lowest BCUT2D eigenvalue weighted by atomic mass is 9.81. The van der Waals surface area contributed by atoms with Crippen molar-refractivity contribution < 1.29 is 33.5 Å². The smallest absolute Gasteiger partial charge is 0.336 e. The van der Waals surface area contributed by atoms with Gasteiger partial charge in [0, 0.05) is 35.9 Å². The van der Waals surface area contributed by atoms with Crippen molar-refractivity contribution in [3.63, 3.8) is 0 Å². The molecule has 1 aliphatic heterocycles. The minimum atomic E-state index is -0.715. The van der Waals surface area contributed by atoms with Crippen molar-refractivity contribution in [2.45, 2.75) is 97.9 Å². The number of carboxylic acid groups (broad SMARTS) is 1. The normalized spacial score (nSPS) is 13.9. The number of pyridine rings is 1. The Balaban J connectivity index is 2.06. The van der Waals surface area contributed by atoms with Crippen molar-refractivity contribution in [2.24, 2.45) is 0 Å². The summed E-state index contributed by atoms with van der Waals surface area (Å²) in [5, 5.41) is 11.9. The lowest BCUT2D eigenvalue weighted by Gasteiger charge is -2.29. The molecule has 8 nitrogen and oxygen atoms in total. The monoisotopic (exact) mass is 515 g/mol. The first-order valence-corrected chi connectivity index (χ1v) is 13.5. The van der Waals surface area contributed by atoms with E-state index in [1.54, 1.807) is 13.8 Å². The van der Waals surface area contributed by atoms with Crippen LogP contribution in [-0.2, 0) is 30.4 Å². The Hall–Kier alpha value is -3.16. The molecule has 0 aliphatic carbocycles. The fourth-order valence-electron chi connectivity index (χ4n) is 4.77. The van der Waals surface area contributed by atoms with Crippen LogP contribution in [0.5, 0.6) is 0 Å². The van der Waals surface area contributed by atoms with Crippen LogP contribution in [0.15, 0.2) is 47.1 Å². The third kappa shape index (κ3) is 9.34. The molecule has 0 saturated heterocycles. The fourth-order valence-corrected chi connectivity index (χ4v) is 4.77. The number of unbranched alkanes of at least 4 members (excludes halogenated alkanes) is 7. The molecule has 2 rings (SSSR count). The van der Waals surface area contributed by atoms with Gasteiger partial charge in [-0.1, -0.05) is 32.1 Å². The van der Waals surface area contributed by atoms with Gasteiger partial charge in [-0.3, -0.25) is 4.79 Å². The van der Waals surface area contributed by atoms with Crippen LogP contribution in [-0.4, -0.2) is 36.2 Å². The van der Waals surface area contributed by atoms with E-state index in [-0.39, 0.29) is 19.6 Å². The maximum absolute atomic E-state index is 13.0. The Bertz CT molecular complexity index is 958. The summed E-state index contributed by atoms with van der Waals surface area (Å²) in [4.78, 5) is 36.5. The highest BCUT2D eigenvalue weighted by Crippen LogP contribution is 2.38. The minimum Gasteiger partial charge on any atom is -0.481 e. The molecule has 1 aliphatic rings. The van der Waals surface area contributed by atoms with Crippen molar-refractivity contribution >= 4 is 17.9 Å². The number of dihydropyridines is 1. The quantitative estimate of drug-likeness (QED) is 0.183. The lowest BCUT2D eigenvalue weighted by molar-refractivity contribution is -0.697. The van der Waals surface area contributed by atoms with Gasteiger partial charge in [0.25, 0.3) is 0 Å². The van der Waals surface area contributed by atoms with Crippen LogP contribution in [0.4, 0.5) is 0 Å². The average molecular weight is 516 g/mol. The second kappa shape index (κ2) is 15.8. The van der Waals surface area contributed by atoms with E-state index in [9.17, 15) is 14.4 Å². The van der Waals surface area contributed by atoms with Gasteiger partial charge >= 0.3 is 17.9 Å². The van der Waals surface area contributed by atoms with Crippen LogP contribution in [0.1, 0.15) is 97.0 Å². The molecule has 0 unspecified atom stereocenters. The summed E-state index contributed by atoms with van der Waals surface area (Å²) in [5.41, 5.74) is 3.04. The first kappa shape index (κ1) is 30.1. The number of carbonyl (C=O) groups is 3. The Morgan fingerprint density at radius 2 is 1.38 bits per heavy atom. The maximum Gasteiger partial charge on any atom is 0.336 e. The Kier molecular flexibility index (Phi) is 12.9. The number of nitrogens with one attached hydrogen (secondary N) is 1. The third-order valence-electron chi connectivity index (χ3n) is 6.52. The van der Waals surface area contributed by atoms with Crippen molar-refractivity contribution in [3.05, 3.63) is 52.6 Å². The van der Waals surface area contributed by atoms with Crippen molar-refractivity contribution in [1.29, 1.82) is 0 Å². The van der Waals surface area contributed by atoms with Crippen LogP contribution in [0, 0.1) is 0 Å².